The zero-order chi connectivity index (χ0) is 14.3. The first-order valence-electron chi connectivity index (χ1n) is 6.51. The molecule has 2 aromatic rings. The smallest absolute Gasteiger partial charge is 0.198 e. The molecule has 0 amide bonds. The molecule has 3 rings (SSSR count). The molecule has 1 saturated carbocycles. The van der Waals surface area contributed by atoms with Crippen LogP contribution < -0.4 is 5.73 Å². The van der Waals surface area contributed by atoms with Crippen molar-refractivity contribution < 1.29 is 9.15 Å². The molecule has 2 unspecified atom stereocenters. The number of nitrogens with two attached hydrogens (primary N) is 1. The summed E-state index contributed by atoms with van der Waals surface area (Å²) in [7, 11) is 1.61. The molecule has 0 aliphatic heterocycles. The molecule has 0 radical (unpaired) electrons. The second kappa shape index (κ2) is 5.18. The highest BCUT2D eigenvalue weighted by Gasteiger charge is 2.36. The molecule has 2 heterocycles. The van der Waals surface area contributed by atoms with Gasteiger partial charge < -0.3 is 14.9 Å². The van der Waals surface area contributed by atoms with Crippen LogP contribution in [0, 0.1) is 5.92 Å². The summed E-state index contributed by atoms with van der Waals surface area (Å²) in [5.74, 6) is 3.78. The molecule has 1 aliphatic rings. The van der Waals surface area contributed by atoms with Crippen LogP contribution in [0.15, 0.2) is 21.0 Å². The minimum Gasteiger partial charge on any atom is -0.457 e. The quantitative estimate of drug-likeness (QED) is 0.925. The van der Waals surface area contributed by atoms with Gasteiger partial charge in [0.2, 0.25) is 0 Å². The molecule has 0 aromatic carbocycles. The van der Waals surface area contributed by atoms with Crippen LogP contribution in [-0.4, -0.2) is 17.1 Å². The molecule has 2 N–H and O–H groups in total. The fourth-order valence-electron chi connectivity index (χ4n) is 2.25. The second-order valence-electron chi connectivity index (χ2n) is 5.15. The lowest BCUT2D eigenvalue weighted by molar-refractivity contribution is 0.181. The van der Waals surface area contributed by atoms with Crippen LogP contribution in [-0.2, 0) is 11.3 Å². The Morgan fingerprint density at radius 3 is 2.85 bits per heavy atom. The molecule has 0 spiro atoms. The number of furan rings is 1. The van der Waals surface area contributed by atoms with Gasteiger partial charge in [-0.15, -0.1) is 0 Å². The zero-order valence-corrected chi connectivity index (χ0v) is 13.0. The van der Waals surface area contributed by atoms with Crippen LogP contribution in [0.25, 0.3) is 11.6 Å². The SMILES string of the molecule is COCc1nc(-c2ccc(C3CC3C)o2)nc(N)c1Br. The fourth-order valence-corrected chi connectivity index (χ4v) is 2.54. The Kier molecular flexibility index (Phi) is 3.52. The Bertz CT molecular complexity index is 641. The lowest BCUT2D eigenvalue weighted by Crippen LogP contribution is -2.03. The normalized spacial score (nSPS) is 21.1. The molecule has 0 saturated heterocycles. The summed E-state index contributed by atoms with van der Waals surface area (Å²) in [4.78, 5) is 8.72. The number of halogens is 1. The summed E-state index contributed by atoms with van der Waals surface area (Å²) in [5.41, 5.74) is 6.61. The lowest BCUT2D eigenvalue weighted by atomic mass is 10.3. The van der Waals surface area contributed by atoms with Gasteiger partial charge in [-0.3, -0.25) is 0 Å². The van der Waals surface area contributed by atoms with Crippen molar-refractivity contribution in [3.05, 3.63) is 28.1 Å². The van der Waals surface area contributed by atoms with E-state index >= 15 is 0 Å². The molecule has 6 heteroatoms. The summed E-state index contributed by atoms with van der Waals surface area (Å²) in [6.45, 7) is 2.59. The lowest BCUT2D eigenvalue weighted by Gasteiger charge is -2.06. The number of ether oxygens (including phenoxy) is 1. The van der Waals surface area contributed by atoms with Gasteiger partial charge in [-0.25, -0.2) is 9.97 Å². The van der Waals surface area contributed by atoms with E-state index in [1.807, 2.05) is 12.1 Å². The first-order valence-corrected chi connectivity index (χ1v) is 7.30. The van der Waals surface area contributed by atoms with E-state index in [-0.39, 0.29) is 0 Å². The van der Waals surface area contributed by atoms with Crippen molar-refractivity contribution in [3.8, 4) is 11.6 Å². The van der Waals surface area contributed by atoms with E-state index in [0.717, 1.165) is 5.76 Å². The first-order chi connectivity index (χ1) is 9.60. The molecular formula is C14H16BrN3O2. The van der Waals surface area contributed by atoms with Gasteiger partial charge in [-0.1, -0.05) is 6.92 Å². The molecule has 2 atom stereocenters. The second-order valence-corrected chi connectivity index (χ2v) is 5.94. The van der Waals surface area contributed by atoms with Crippen LogP contribution in [0.3, 0.4) is 0 Å². The van der Waals surface area contributed by atoms with Gasteiger partial charge in [0.15, 0.2) is 11.6 Å². The van der Waals surface area contributed by atoms with Gasteiger partial charge in [0.05, 0.1) is 16.8 Å². The summed E-state index contributed by atoms with van der Waals surface area (Å²) < 4.78 is 11.6. The number of hydrogen-bond acceptors (Lipinski definition) is 5. The molecule has 5 nitrogen and oxygen atoms in total. The van der Waals surface area contributed by atoms with Crippen LogP contribution in [0.4, 0.5) is 5.82 Å². The molecule has 1 aliphatic carbocycles. The Morgan fingerprint density at radius 2 is 2.20 bits per heavy atom. The molecule has 1 fully saturated rings. The summed E-state index contributed by atoms with van der Waals surface area (Å²) >= 11 is 3.37. The Labute approximate surface area is 125 Å². The van der Waals surface area contributed by atoms with Gasteiger partial charge >= 0.3 is 0 Å². The fraction of sp³-hybridized carbons (Fsp3) is 0.429. The number of methoxy groups -OCH3 is 1. The highest BCUT2D eigenvalue weighted by molar-refractivity contribution is 9.10. The van der Waals surface area contributed by atoms with E-state index < -0.39 is 0 Å². The maximum absolute atomic E-state index is 5.89. The standard InChI is InChI=1S/C14H16BrN3O2/c1-7-5-8(7)10-3-4-11(20-10)14-17-9(6-19-2)12(15)13(16)18-14/h3-4,7-8H,5-6H2,1-2H3,(H2,16,17,18). The number of anilines is 1. The summed E-state index contributed by atoms with van der Waals surface area (Å²) in [6, 6.07) is 3.90. The van der Waals surface area contributed by atoms with Crippen molar-refractivity contribution in [1.29, 1.82) is 0 Å². The Morgan fingerprint density at radius 1 is 1.45 bits per heavy atom. The number of nitrogens with zero attached hydrogens (tertiary/aromatic N) is 2. The number of rotatable bonds is 4. The van der Waals surface area contributed by atoms with E-state index in [1.165, 1.54) is 6.42 Å². The minimum absolute atomic E-state index is 0.369. The van der Waals surface area contributed by atoms with Crippen LogP contribution in [0.1, 0.15) is 30.7 Å². The predicted molar refractivity (Wildman–Crippen MR) is 79.1 cm³/mol. The van der Waals surface area contributed by atoms with Gasteiger partial charge in [0.1, 0.15) is 11.6 Å². The molecule has 20 heavy (non-hydrogen) atoms. The molecule has 2 aromatic heterocycles. The number of aromatic nitrogens is 2. The van der Waals surface area contributed by atoms with Crippen molar-refractivity contribution >= 4 is 21.7 Å². The minimum atomic E-state index is 0.369. The molecular weight excluding hydrogens is 322 g/mol. The highest BCUT2D eigenvalue weighted by Crippen LogP contribution is 2.47. The molecule has 106 valence electrons. The maximum atomic E-state index is 5.89. The van der Waals surface area contributed by atoms with Crippen molar-refractivity contribution in [3.63, 3.8) is 0 Å². The van der Waals surface area contributed by atoms with E-state index in [2.05, 4.69) is 32.8 Å². The van der Waals surface area contributed by atoms with E-state index in [1.54, 1.807) is 7.11 Å². The van der Waals surface area contributed by atoms with Gasteiger partial charge in [0, 0.05) is 13.0 Å². The van der Waals surface area contributed by atoms with E-state index in [9.17, 15) is 0 Å². The van der Waals surface area contributed by atoms with Crippen molar-refractivity contribution in [2.24, 2.45) is 5.92 Å². The van der Waals surface area contributed by atoms with Crippen LogP contribution in [0.2, 0.25) is 0 Å². The third-order valence-electron chi connectivity index (χ3n) is 3.55. The summed E-state index contributed by atoms with van der Waals surface area (Å²) in [6.07, 6.45) is 1.19. The van der Waals surface area contributed by atoms with Gasteiger partial charge in [-0.05, 0) is 40.4 Å². The summed E-state index contributed by atoms with van der Waals surface area (Å²) in [5, 5.41) is 0. The Balaban J connectivity index is 1.95. The third-order valence-corrected chi connectivity index (χ3v) is 4.41. The third kappa shape index (κ3) is 2.45. The monoisotopic (exact) mass is 337 g/mol. The van der Waals surface area contributed by atoms with Crippen molar-refractivity contribution in [1.82, 2.24) is 9.97 Å². The van der Waals surface area contributed by atoms with Crippen LogP contribution >= 0.6 is 15.9 Å². The van der Waals surface area contributed by atoms with E-state index in [4.69, 9.17) is 14.9 Å². The predicted octanol–water partition coefficient (Wildman–Crippen LogP) is 3.35. The number of hydrogen-bond donors (Lipinski definition) is 1. The highest BCUT2D eigenvalue weighted by atomic mass is 79.9. The first kappa shape index (κ1) is 13.6. The Hall–Kier alpha value is -1.40. The average Bonchev–Trinajstić information content (AvgIpc) is 2.96. The maximum Gasteiger partial charge on any atom is 0.198 e. The molecule has 0 bridgehead atoms. The topological polar surface area (TPSA) is 74.2 Å². The van der Waals surface area contributed by atoms with E-state index in [0.29, 0.717) is 46.0 Å². The van der Waals surface area contributed by atoms with Crippen molar-refractivity contribution in [2.75, 3.05) is 12.8 Å². The van der Waals surface area contributed by atoms with Gasteiger partial charge in [0.25, 0.3) is 0 Å². The number of nitrogen functional groups attached to an aromatic ring is 1. The average molecular weight is 338 g/mol. The van der Waals surface area contributed by atoms with Gasteiger partial charge in [-0.2, -0.15) is 0 Å². The van der Waals surface area contributed by atoms with Crippen LogP contribution in [0.5, 0.6) is 0 Å². The zero-order valence-electron chi connectivity index (χ0n) is 11.4. The largest absolute Gasteiger partial charge is 0.457 e. The van der Waals surface area contributed by atoms with Crippen molar-refractivity contribution in [2.45, 2.75) is 25.9 Å².